The summed E-state index contributed by atoms with van der Waals surface area (Å²) in [5.74, 6) is 0.164. The second kappa shape index (κ2) is 8.75. The van der Waals surface area contributed by atoms with Gasteiger partial charge in [0.05, 0.1) is 19.0 Å². The van der Waals surface area contributed by atoms with E-state index < -0.39 is 0 Å². The highest BCUT2D eigenvalue weighted by Gasteiger charge is 2.47. The SMILES string of the molecule is C[C@H](NC(=O)c1cc(Cl)cc(CN2C(=N)N[C@](C)(C3CC3)CC2=O)c1)c1cccc(Cl)c1. The van der Waals surface area contributed by atoms with Crippen molar-refractivity contribution in [1.82, 2.24) is 15.5 Å². The van der Waals surface area contributed by atoms with Crippen molar-refractivity contribution in [2.24, 2.45) is 5.92 Å². The van der Waals surface area contributed by atoms with E-state index in [1.807, 2.05) is 32.0 Å². The number of nitrogens with zero attached hydrogens (tertiary/aromatic N) is 1. The minimum Gasteiger partial charge on any atom is -0.350 e. The van der Waals surface area contributed by atoms with Gasteiger partial charge in [-0.25, -0.2) is 0 Å². The fourth-order valence-corrected chi connectivity index (χ4v) is 4.70. The monoisotopic (exact) mass is 472 g/mol. The standard InChI is InChI=1S/C24H26Cl2N4O2/c1-14(16-4-3-5-19(25)10-16)28-22(32)17-8-15(9-20(26)11-17)13-30-21(31)12-24(2,18-6-7-18)29-23(30)27/h3-5,8-11,14,18H,6-7,12-13H2,1-2H3,(H2,27,29)(H,28,32)/t14-,24-/m0/s1. The number of hydrogen-bond acceptors (Lipinski definition) is 3. The first kappa shape index (κ1) is 22.6. The molecule has 0 radical (unpaired) electrons. The van der Waals surface area contributed by atoms with Crippen LogP contribution in [0.4, 0.5) is 0 Å². The molecule has 4 rings (SSSR count). The molecule has 0 aromatic heterocycles. The van der Waals surface area contributed by atoms with Crippen LogP contribution < -0.4 is 10.6 Å². The van der Waals surface area contributed by atoms with Gasteiger partial charge in [0.1, 0.15) is 0 Å². The second-order valence-corrected chi connectivity index (χ2v) is 9.79. The Morgan fingerprint density at radius 1 is 1.25 bits per heavy atom. The van der Waals surface area contributed by atoms with Gasteiger partial charge in [0.2, 0.25) is 5.91 Å². The Morgan fingerprint density at radius 3 is 2.66 bits per heavy atom. The number of nitrogens with one attached hydrogen (secondary N) is 3. The van der Waals surface area contributed by atoms with E-state index >= 15 is 0 Å². The van der Waals surface area contributed by atoms with Gasteiger partial charge in [0.15, 0.2) is 5.96 Å². The van der Waals surface area contributed by atoms with E-state index in [-0.39, 0.29) is 35.9 Å². The minimum atomic E-state index is -0.347. The van der Waals surface area contributed by atoms with Crippen LogP contribution in [0.3, 0.4) is 0 Å². The number of carbonyl (C=O) groups excluding carboxylic acids is 2. The Hall–Kier alpha value is -2.57. The van der Waals surface area contributed by atoms with Crippen molar-refractivity contribution < 1.29 is 9.59 Å². The van der Waals surface area contributed by atoms with E-state index in [2.05, 4.69) is 10.6 Å². The molecular weight excluding hydrogens is 447 g/mol. The molecule has 1 saturated heterocycles. The summed E-state index contributed by atoms with van der Waals surface area (Å²) in [7, 11) is 0. The number of carbonyl (C=O) groups is 2. The summed E-state index contributed by atoms with van der Waals surface area (Å²) >= 11 is 12.3. The molecular formula is C24H26Cl2N4O2. The Morgan fingerprint density at radius 2 is 2.00 bits per heavy atom. The fourth-order valence-electron chi connectivity index (χ4n) is 4.25. The van der Waals surface area contributed by atoms with Crippen LogP contribution in [0.2, 0.25) is 10.0 Å². The first-order chi connectivity index (χ1) is 15.1. The van der Waals surface area contributed by atoms with Gasteiger partial charge in [0, 0.05) is 21.1 Å². The number of guanidine groups is 1. The molecule has 0 bridgehead atoms. The van der Waals surface area contributed by atoms with Crippen LogP contribution in [-0.2, 0) is 11.3 Å². The highest BCUT2D eigenvalue weighted by molar-refractivity contribution is 6.31. The van der Waals surface area contributed by atoms with E-state index in [4.69, 9.17) is 28.6 Å². The lowest BCUT2D eigenvalue weighted by atomic mass is 9.89. The molecule has 2 aromatic rings. The molecule has 1 aliphatic carbocycles. The van der Waals surface area contributed by atoms with Crippen LogP contribution in [0, 0.1) is 11.3 Å². The molecule has 2 atom stereocenters. The van der Waals surface area contributed by atoms with Crippen LogP contribution in [-0.4, -0.2) is 28.2 Å². The molecule has 2 fully saturated rings. The number of halogens is 2. The number of benzene rings is 2. The van der Waals surface area contributed by atoms with Gasteiger partial charge < -0.3 is 10.6 Å². The van der Waals surface area contributed by atoms with Gasteiger partial charge in [-0.05, 0) is 74.1 Å². The van der Waals surface area contributed by atoms with Crippen molar-refractivity contribution in [2.45, 2.75) is 51.2 Å². The average Bonchev–Trinajstić information content (AvgIpc) is 3.56. The molecule has 2 amide bonds. The first-order valence-corrected chi connectivity index (χ1v) is 11.4. The quantitative estimate of drug-likeness (QED) is 0.558. The molecule has 8 heteroatoms. The molecule has 1 heterocycles. The molecule has 3 N–H and O–H groups in total. The van der Waals surface area contributed by atoms with E-state index in [1.54, 1.807) is 24.3 Å². The normalized spacial score (nSPS) is 21.8. The van der Waals surface area contributed by atoms with Gasteiger partial charge >= 0.3 is 0 Å². The van der Waals surface area contributed by atoms with Crippen molar-refractivity contribution in [1.29, 1.82) is 5.41 Å². The van der Waals surface area contributed by atoms with E-state index in [0.717, 1.165) is 18.4 Å². The molecule has 0 unspecified atom stereocenters. The van der Waals surface area contributed by atoms with Gasteiger partial charge in [-0.3, -0.25) is 19.9 Å². The summed E-state index contributed by atoms with van der Waals surface area (Å²) in [5.41, 5.74) is 1.63. The van der Waals surface area contributed by atoms with Crippen LogP contribution in [0.1, 0.15) is 60.6 Å². The Labute approximate surface area is 197 Å². The molecule has 2 aliphatic rings. The molecule has 2 aromatic carbocycles. The first-order valence-electron chi connectivity index (χ1n) is 10.7. The highest BCUT2D eigenvalue weighted by atomic mass is 35.5. The largest absolute Gasteiger partial charge is 0.350 e. The van der Waals surface area contributed by atoms with Crippen LogP contribution in [0.5, 0.6) is 0 Å². The van der Waals surface area contributed by atoms with Crippen molar-refractivity contribution in [3.8, 4) is 0 Å². The predicted molar refractivity (Wildman–Crippen MR) is 126 cm³/mol. The third-order valence-electron chi connectivity index (χ3n) is 6.23. The van der Waals surface area contributed by atoms with Crippen LogP contribution >= 0.6 is 23.2 Å². The lowest BCUT2D eigenvalue weighted by molar-refractivity contribution is -0.131. The molecule has 168 valence electrons. The Bertz CT molecular complexity index is 1070. The van der Waals surface area contributed by atoms with Crippen LogP contribution in [0.25, 0.3) is 0 Å². The van der Waals surface area contributed by atoms with Crippen LogP contribution in [0.15, 0.2) is 42.5 Å². The van der Waals surface area contributed by atoms with Gasteiger partial charge in [-0.2, -0.15) is 0 Å². The lowest BCUT2D eigenvalue weighted by Gasteiger charge is -2.41. The highest BCUT2D eigenvalue weighted by Crippen LogP contribution is 2.43. The summed E-state index contributed by atoms with van der Waals surface area (Å²) in [6.07, 6.45) is 2.53. The second-order valence-electron chi connectivity index (χ2n) is 8.92. The van der Waals surface area contributed by atoms with E-state index in [0.29, 0.717) is 33.5 Å². The average molecular weight is 473 g/mol. The minimum absolute atomic E-state index is 0.0937. The van der Waals surface area contributed by atoms with E-state index in [9.17, 15) is 9.59 Å². The summed E-state index contributed by atoms with van der Waals surface area (Å²) < 4.78 is 0. The third kappa shape index (κ3) is 4.92. The van der Waals surface area contributed by atoms with Gasteiger partial charge in [-0.15, -0.1) is 0 Å². The summed E-state index contributed by atoms with van der Waals surface area (Å²) in [5, 5.41) is 15.5. The maximum absolute atomic E-state index is 12.9. The van der Waals surface area contributed by atoms with Gasteiger partial charge in [0.25, 0.3) is 5.91 Å². The van der Waals surface area contributed by atoms with Crippen molar-refractivity contribution in [2.75, 3.05) is 0 Å². The topological polar surface area (TPSA) is 85.3 Å². The zero-order chi connectivity index (χ0) is 23.0. The number of amides is 2. The smallest absolute Gasteiger partial charge is 0.251 e. The molecule has 1 aliphatic heterocycles. The molecule has 6 nitrogen and oxygen atoms in total. The van der Waals surface area contributed by atoms with Gasteiger partial charge in [-0.1, -0.05) is 35.3 Å². The summed E-state index contributed by atoms with van der Waals surface area (Å²) in [6, 6.07) is 12.1. The molecule has 32 heavy (non-hydrogen) atoms. The fraction of sp³-hybridized carbons (Fsp3) is 0.375. The molecule has 1 saturated carbocycles. The number of hydrogen-bond donors (Lipinski definition) is 3. The summed E-state index contributed by atoms with van der Waals surface area (Å²) in [6.45, 7) is 4.07. The predicted octanol–water partition coefficient (Wildman–Crippen LogP) is 4.91. The zero-order valence-corrected chi connectivity index (χ0v) is 19.6. The lowest BCUT2D eigenvalue weighted by Crippen LogP contribution is -2.61. The number of rotatable bonds is 6. The third-order valence-corrected chi connectivity index (χ3v) is 6.68. The Balaban J connectivity index is 1.47. The van der Waals surface area contributed by atoms with Crippen molar-refractivity contribution in [3.05, 3.63) is 69.2 Å². The van der Waals surface area contributed by atoms with E-state index in [1.165, 1.54) is 4.90 Å². The molecule has 0 spiro atoms. The van der Waals surface area contributed by atoms with Crippen molar-refractivity contribution in [3.63, 3.8) is 0 Å². The summed E-state index contributed by atoms with van der Waals surface area (Å²) in [4.78, 5) is 27.1. The van der Waals surface area contributed by atoms with Crippen molar-refractivity contribution >= 4 is 41.0 Å². The maximum atomic E-state index is 12.9. The zero-order valence-electron chi connectivity index (χ0n) is 18.0. The Kier molecular flexibility index (Phi) is 6.19. The maximum Gasteiger partial charge on any atom is 0.251 e.